The number of nitrogens with zero attached hydrogens (tertiary/aromatic N) is 2. The van der Waals surface area contributed by atoms with Crippen LogP contribution in [0.5, 0.6) is 0 Å². The lowest BCUT2D eigenvalue weighted by atomic mass is 10.2. The predicted octanol–water partition coefficient (Wildman–Crippen LogP) is 3.51. The highest BCUT2D eigenvalue weighted by molar-refractivity contribution is 7.93. The minimum absolute atomic E-state index is 0.191. The molecule has 7 heteroatoms. The summed E-state index contributed by atoms with van der Waals surface area (Å²) in [7, 11) is -3.63. The summed E-state index contributed by atoms with van der Waals surface area (Å²) in [6.07, 6.45) is 3.70. The van der Waals surface area contributed by atoms with E-state index in [1.165, 1.54) is 23.5 Å². The number of anilines is 1. The molecule has 0 aliphatic carbocycles. The van der Waals surface area contributed by atoms with E-state index in [0.29, 0.717) is 5.01 Å². The first-order chi connectivity index (χ1) is 11.1. The molecule has 3 rings (SSSR count). The van der Waals surface area contributed by atoms with Crippen molar-refractivity contribution in [3.8, 4) is 0 Å². The van der Waals surface area contributed by atoms with Gasteiger partial charge in [-0.1, -0.05) is 65.9 Å². The average Bonchev–Trinajstić information content (AvgIpc) is 3.01. The Morgan fingerprint density at radius 2 is 1.52 bits per heavy atom. The number of hydrogen-bond donors (Lipinski definition) is 1. The van der Waals surface area contributed by atoms with E-state index in [0.717, 1.165) is 5.56 Å². The Hall–Kier alpha value is -2.51. The van der Waals surface area contributed by atoms with E-state index in [1.54, 1.807) is 24.3 Å². The zero-order valence-electron chi connectivity index (χ0n) is 12.0. The van der Waals surface area contributed by atoms with E-state index < -0.39 is 10.0 Å². The minimum atomic E-state index is -3.63. The van der Waals surface area contributed by atoms with E-state index in [1.807, 2.05) is 36.4 Å². The number of nitrogens with one attached hydrogen (secondary N) is 1. The molecule has 0 aliphatic rings. The quantitative estimate of drug-likeness (QED) is 0.769. The van der Waals surface area contributed by atoms with Crippen molar-refractivity contribution < 1.29 is 8.42 Å². The summed E-state index contributed by atoms with van der Waals surface area (Å²) in [6, 6.07) is 17.9. The van der Waals surface area contributed by atoms with Crippen LogP contribution in [0.3, 0.4) is 0 Å². The van der Waals surface area contributed by atoms with Crippen molar-refractivity contribution in [2.24, 2.45) is 0 Å². The molecule has 0 amide bonds. The third-order valence-corrected chi connectivity index (χ3v) is 5.22. The normalized spacial score (nSPS) is 11.7. The molecule has 0 saturated heterocycles. The fourth-order valence-electron chi connectivity index (χ4n) is 1.85. The van der Waals surface area contributed by atoms with Crippen LogP contribution in [0.4, 0.5) is 5.13 Å². The van der Waals surface area contributed by atoms with Gasteiger partial charge in [0.15, 0.2) is 0 Å². The molecule has 0 atom stereocenters. The van der Waals surface area contributed by atoms with E-state index >= 15 is 0 Å². The third-order valence-electron chi connectivity index (χ3n) is 2.93. The van der Waals surface area contributed by atoms with E-state index in [4.69, 9.17) is 0 Å². The van der Waals surface area contributed by atoms with Gasteiger partial charge < -0.3 is 0 Å². The second kappa shape index (κ2) is 6.72. The van der Waals surface area contributed by atoms with Crippen molar-refractivity contribution in [2.45, 2.75) is 4.90 Å². The zero-order valence-corrected chi connectivity index (χ0v) is 13.6. The van der Waals surface area contributed by atoms with Crippen LogP contribution in [0, 0.1) is 0 Å². The van der Waals surface area contributed by atoms with Crippen LogP contribution in [0.25, 0.3) is 12.2 Å². The molecule has 23 heavy (non-hydrogen) atoms. The van der Waals surface area contributed by atoms with Crippen molar-refractivity contribution >= 4 is 38.6 Å². The molecule has 0 aliphatic heterocycles. The maximum atomic E-state index is 12.2. The number of sulfonamides is 1. The van der Waals surface area contributed by atoms with Crippen molar-refractivity contribution in [2.75, 3.05) is 4.72 Å². The summed E-state index contributed by atoms with van der Waals surface area (Å²) < 4.78 is 26.8. The highest BCUT2D eigenvalue weighted by Gasteiger charge is 2.15. The van der Waals surface area contributed by atoms with Crippen LogP contribution >= 0.6 is 11.3 Å². The van der Waals surface area contributed by atoms with Crippen LogP contribution in [0.1, 0.15) is 10.6 Å². The highest BCUT2D eigenvalue weighted by Crippen LogP contribution is 2.21. The molecule has 116 valence electrons. The molecule has 2 aromatic carbocycles. The first-order valence-electron chi connectivity index (χ1n) is 6.78. The number of rotatable bonds is 5. The molecule has 5 nitrogen and oxygen atoms in total. The molecule has 3 aromatic rings. The van der Waals surface area contributed by atoms with Gasteiger partial charge in [-0.05, 0) is 23.8 Å². The highest BCUT2D eigenvalue weighted by atomic mass is 32.2. The first-order valence-corrected chi connectivity index (χ1v) is 9.08. The Kier molecular flexibility index (Phi) is 4.50. The van der Waals surface area contributed by atoms with Gasteiger partial charge in [0.1, 0.15) is 5.01 Å². The monoisotopic (exact) mass is 343 g/mol. The van der Waals surface area contributed by atoms with E-state index in [2.05, 4.69) is 14.9 Å². The smallest absolute Gasteiger partial charge is 0.253 e. The lowest BCUT2D eigenvalue weighted by Crippen LogP contribution is -2.12. The summed E-state index contributed by atoms with van der Waals surface area (Å²) in [5, 5.41) is 8.69. The van der Waals surface area contributed by atoms with Gasteiger partial charge in [-0.15, -0.1) is 10.2 Å². The van der Waals surface area contributed by atoms with Crippen molar-refractivity contribution in [3.63, 3.8) is 0 Å². The Morgan fingerprint density at radius 1 is 0.870 bits per heavy atom. The summed E-state index contributed by atoms with van der Waals surface area (Å²) in [5.74, 6) is 0. The average molecular weight is 343 g/mol. The van der Waals surface area contributed by atoms with Gasteiger partial charge in [0, 0.05) is 0 Å². The number of aromatic nitrogens is 2. The summed E-state index contributed by atoms with van der Waals surface area (Å²) in [5.41, 5.74) is 1.04. The Balaban J connectivity index is 1.74. The fraction of sp³-hybridized carbons (Fsp3) is 0. The Morgan fingerprint density at radius 3 is 2.22 bits per heavy atom. The molecule has 1 heterocycles. The van der Waals surface area contributed by atoms with Crippen LogP contribution in [-0.2, 0) is 10.0 Å². The second-order valence-electron chi connectivity index (χ2n) is 4.61. The molecule has 0 unspecified atom stereocenters. The van der Waals surface area contributed by atoms with Crippen molar-refractivity contribution in [3.05, 3.63) is 71.2 Å². The number of benzene rings is 2. The van der Waals surface area contributed by atoms with Gasteiger partial charge in [0.25, 0.3) is 10.0 Å². The third kappa shape index (κ3) is 4.02. The van der Waals surface area contributed by atoms with Crippen LogP contribution < -0.4 is 4.72 Å². The van der Waals surface area contributed by atoms with Crippen LogP contribution in [0.15, 0.2) is 65.6 Å². The molecule has 0 saturated carbocycles. The van der Waals surface area contributed by atoms with Gasteiger partial charge in [0.05, 0.1) is 4.90 Å². The zero-order chi connectivity index (χ0) is 16.1. The lowest BCUT2D eigenvalue weighted by molar-refractivity contribution is 0.601. The number of hydrogen-bond acceptors (Lipinski definition) is 5. The van der Waals surface area contributed by atoms with Gasteiger partial charge in [-0.3, -0.25) is 4.72 Å². The molecule has 0 bridgehead atoms. The van der Waals surface area contributed by atoms with E-state index in [9.17, 15) is 8.42 Å². The lowest BCUT2D eigenvalue weighted by Gasteiger charge is -2.03. The molecule has 0 radical (unpaired) electrons. The first kappa shape index (κ1) is 15.4. The van der Waals surface area contributed by atoms with Gasteiger partial charge in [-0.25, -0.2) is 8.42 Å². The largest absolute Gasteiger partial charge is 0.263 e. The van der Waals surface area contributed by atoms with Gasteiger partial charge >= 0.3 is 0 Å². The minimum Gasteiger partial charge on any atom is -0.253 e. The molecule has 1 N–H and O–H groups in total. The molecular weight excluding hydrogens is 330 g/mol. The maximum absolute atomic E-state index is 12.2. The second-order valence-corrected chi connectivity index (χ2v) is 7.30. The summed E-state index contributed by atoms with van der Waals surface area (Å²) in [4.78, 5) is 0.191. The maximum Gasteiger partial charge on any atom is 0.263 e. The van der Waals surface area contributed by atoms with Gasteiger partial charge in [-0.2, -0.15) is 0 Å². The topological polar surface area (TPSA) is 72.0 Å². The molecular formula is C16H13N3O2S2. The van der Waals surface area contributed by atoms with Crippen LogP contribution in [-0.4, -0.2) is 18.6 Å². The van der Waals surface area contributed by atoms with Crippen LogP contribution in [0.2, 0.25) is 0 Å². The van der Waals surface area contributed by atoms with Crippen molar-refractivity contribution in [1.82, 2.24) is 10.2 Å². The van der Waals surface area contributed by atoms with Gasteiger partial charge in [0.2, 0.25) is 5.13 Å². The molecule has 0 spiro atoms. The summed E-state index contributed by atoms with van der Waals surface area (Å²) in [6.45, 7) is 0. The summed E-state index contributed by atoms with van der Waals surface area (Å²) >= 11 is 1.17. The predicted molar refractivity (Wildman–Crippen MR) is 92.5 cm³/mol. The Labute approximate surface area is 138 Å². The van der Waals surface area contributed by atoms with Crippen molar-refractivity contribution in [1.29, 1.82) is 0 Å². The van der Waals surface area contributed by atoms with E-state index in [-0.39, 0.29) is 10.0 Å². The SMILES string of the molecule is O=S(=O)(Nc1nnc(/C=C/c2ccccc2)s1)c1ccccc1. The standard InChI is InChI=1S/C16H13N3O2S2/c20-23(21,14-9-5-2-6-10-14)19-16-18-17-15(22-16)12-11-13-7-3-1-4-8-13/h1-12H,(H,18,19)/b12-11+. The molecule has 0 fully saturated rings. The molecule has 1 aromatic heterocycles. The Bertz CT molecular complexity index is 905. The fourth-order valence-corrected chi connectivity index (χ4v) is 3.75.